The number of aryl methyl sites for hydroxylation is 1. The Bertz CT molecular complexity index is 921. The Labute approximate surface area is 166 Å². The number of carboxylic acid groups (broad SMARTS) is 1. The molecule has 0 radical (unpaired) electrons. The summed E-state index contributed by atoms with van der Waals surface area (Å²) >= 11 is 1.46. The van der Waals surface area contributed by atoms with Crippen molar-refractivity contribution < 1.29 is 14.3 Å². The predicted octanol–water partition coefficient (Wildman–Crippen LogP) is 3.31. The van der Waals surface area contributed by atoms with Gasteiger partial charge in [0.05, 0.1) is 5.56 Å². The number of hydrogen-bond donors (Lipinski definition) is 1. The van der Waals surface area contributed by atoms with Crippen molar-refractivity contribution in [2.24, 2.45) is 0 Å². The van der Waals surface area contributed by atoms with Crippen molar-refractivity contribution >= 4 is 17.8 Å². The Morgan fingerprint density at radius 3 is 2.64 bits per heavy atom. The summed E-state index contributed by atoms with van der Waals surface area (Å²) in [6.07, 6.45) is 6.21. The Kier molecular flexibility index (Phi) is 6.83. The van der Waals surface area contributed by atoms with Gasteiger partial charge >= 0.3 is 0 Å². The maximum absolute atomic E-state index is 14.7. The fourth-order valence-corrected chi connectivity index (χ4v) is 3.92. The van der Waals surface area contributed by atoms with Crippen LogP contribution in [0.2, 0.25) is 0 Å². The number of benzene rings is 1. The van der Waals surface area contributed by atoms with E-state index in [0.29, 0.717) is 11.4 Å². The van der Waals surface area contributed by atoms with Crippen LogP contribution in [-0.4, -0.2) is 55.9 Å². The summed E-state index contributed by atoms with van der Waals surface area (Å²) in [6, 6.07) is 5.20. The predicted molar refractivity (Wildman–Crippen MR) is 106 cm³/mol. The summed E-state index contributed by atoms with van der Waals surface area (Å²) in [5.41, 5.74) is 1.28. The highest BCUT2D eigenvalue weighted by atomic mass is 32.1. The molecule has 3 heterocycles. The van der Waals surface area contributed by atoms with Crippen molar-refractivity contribution in [2.45, 2.75) is 26.3 Å². The first kappa shape index (κ1) is 20.1. The van der Waals surface area contributed by atoms with Crippen LogP contribution in [0.15, 0.2) is 30.6 Å². The average molecular weight is 403 g/mol. The summed E-state index contributed by atoms with van der Waals surface area (Å²) in [5, 5.41) is 16.6. The van der Waals surface area contributed by atoms with Crippen molar-refractivity contribution in [3.63, 3.8) is 0 Å². The Hall–Kier alpha value is -2.65. The lowest BCUT2D eigenvalue weighted by Gasteiger charge is -2.16. The second kappa shape index (κ2) is 9.52. The summed E-state index contributed by atoms with van der Waals surface area (Å²) < 4.78 is 16.8. The molecule has 0 spiro atoms. The van der Waals surface area contributed by atoms with E-state index in [1.54, 1.807) is 12.3 Å². The molecular weight excluding hydrogens is 381 g/mol. The van der Waals surface area contributed by atoms with Crippen molar-refractivity contribution in [3.05, 3.63) is 41.4 Å². The summed E-state index contributed by atoms with van der Waals surface area (Å²) in [6.45, 7) is 5.77. The van der Waals surface area contributed by atoms with Crippen LogP contribution in [0.5, 0.6) is 0 Å². The zero-order valence-corrected chi connectivity index (χ0v) is 16.4. The molecule has 1 aliphatic rings. The van der Waals surface area contributed by atoms with Gasteiger partial charge in [0, 0.05) is 31.0 Å². The first-order valence-electron chi connectivity index (χ1n) is 9.04. The van der Waals surface area contributed by atoms with Crippen LogP contribution in [0.25, 0.3) is 22.0 Å². The van der Waals surface area contributed by atoms with Gasteiger partial charge in [-0.15, -0.1) is 10.2 Å². The van der Waals surface area contributed by atoms with Gasteiger partial charge in [-0.3, -0.25) is 4.79 Å². The smallest absolute Gasteiger partial charge is 0.290 e. The van der Waals surface area contributed by atoms with Gasteiger partial charge in [-0.2, -0.15) is 0 Å². The van der Waals surface area contributed by atoms with E-state index in [0.717, 1.165) is 41.8 Å². The number of halogens is 1. The minimum atomic E-state index is -0.279. The summed E-state index contributed by atoms with van der Waals surface area (Å²) in [7, 11) is 0. The van der Waals surface area contributed by atoms with Crippen molar-refractivity contribution in [1.29, 1.82) is 0 Å². The van der Waals surface area contributed by atoms with Gasteiger partial charge in [0.2, 0.25) is 0 Å². The SMILES string of the molecule is Cc1nnc(-c2ccc(-c3nccn3CCN3CCCC3)c(F)c2)s1.O=CO. The molecule has 1 aromatic carbocycles. The number of rotatable bonds is 5. The van der Waals surface area contributed by atoms with Gasteiger partial charge < -0.3 is 14.6 Å². The molecule has 0 bridgehead atoms. The van der Waals surface area contributed by atoms with Gasteiger partial charge in [-0.25, -0.2) is 9.37 Å². The van der Waals surface area contributed by atoms with Crippen LogP contribution < -0.4 is 0 Å². The van der Waals surface area contributed by atoms with Gasteiger partial charge in [0.15, 0.2) is 0 Å². The highest BCUT2D eigenvalue weighted by Gasteiger charge is 2.16. The normalized spacial score (nSPS) is 13.9. The molecule has 4 rings (SSSR count). The zero-order chi connectivity index (χ0) is 19.9. The van der Waals surface area contributed by atoms with Crippen LogP contribution in [-0.2, 0) is 11.3 Å². The highest BCUT2D eigenvalue weighted by Crippen LogP contribution is 2.28. The highest BCUT2D eigenvalue weighted by molar-refractivity contribution is 7.14. The Morgan fingerprint density at radius 2 is 2.00 bits per heavy atom. The fraction of sp³-hybridized carbons (Fsp3) is 0.368. The third kappa shape index (κ3) is 4.79. The van der Waals surface area contributed by atoms with E-state index in [2.05, 4.69) is 20.1 Å². The number of aromatic nitrogens is 4. The fourth-order valence-electron chi connectivity index (χ4n) is 3.23. The topological polar surface area (TPSA) is 84.1 Å². The van der Waals surface area contributed by atoms with Crippen LogP contribution in [0.4, 0.5) is 4.39 Å². The van der Waals surface area contributed by atoms with E-state index in [-0.39, 0.29) is 12.3 Å². The Morgan fingerprint density at radius 1 is 1.25 bits per heavy atom. The van der Waals surface area contributed by atoms with Gasteiger partial charge in [-0.1, -0.05) is 17.4 Å². The molecule has 1 fully saturated rings. The molecule has 1 aliphatic heterocycles. The molecule has 2 aromatic heterocycles. The second-order valence-corrected chi connectivity index (χ2v) is 7.60. The summed E-state index contributed by atoms with van der Waals surface area (Å²) in [4.78, 5) is 15.2. The number of imidazole rings is 1. The molecule has 1 N–H and O–H groups in total. The molecule has 1 saturated heterocycles. The van der Waals surface area contributed by atoms with Crippen LogP contribution in [0.1, 0.15) is 17.8 Å². The first-order valence-corrected chi connectivity index (χ1v) is 9.85. The molecule has 148 valence electrons. The van der Waals surface area contributed by atoms with E-state index < -0.39 is 0 Å². The van der Waals surface area contributed by atoms with Gasteiger partial charge in [0.1, 0.15) is 21.7 Å². The number of nitrogens with zero attached hydrogens (tertiary/aromatic N) is 5. The van der Waals surface area contributed by atoms with E-state index in [1.807, 2.05) is 23.8 Å². The number of carbonyl (C=O) groups is 1. The largest absolute Gasteiger partial charge is 0.483 e. The average Bonchev–Trinajstić information content (AvgIpc) is 3.42. The van der Waals surface area contributed by atoms with Gasteiger partial charge in [-0.05, 0) is 45.0 Å². The minimum Gasteiger partial charge on any atom is -0.483 e. The van der Waals surface area contributed by atoms with Crippen molar-refractivity contribution in [1.82, 2.24) is 24.6 Å². The van der Waals surface area contributed by atoms with Crippen molar-refractivity contribution in [3.8, 4) is 22.0 Å². The zero-order valence-electron chi connectivity index (χ0n) is 15.6. The molecule has 0 aliphatic carbocycles. The third-order valence-corrected chi connectivity index (χ3v) is 5.44. The molecule has 9 heteroatoms. The van der Waals surface area contributed by atoms with Crippen molar-refractivity contribution in [2.75, 3.05) is 19.6 Å². The third-order valence-electron chi connectivity index (χ3n) is 4.55. The molecule has 0 atom stereocenters. The molecule has 0 saturated carbocycles. The van der Waals surface area contributed by atoms with E-state index in [4.69, 9.17) is 9.90 Å². The molecule has 0 unspecified atom stereocenters. The summed E-state index contributed by atoms with van der Waals surface area (Å²) in [5.74, 6) is 0.399. The second-order valence-electron chi connectivity index (χ2n) is 6.42. The molecule has 3 aromatic rings. The number of likely N-dealkylation sites (tertiary alicyclic amines) is 1. The first-order chi connectivity index (χ1) is 13.6. The lowest BCUT2D eigenvalue weighted by atomic mass is 10.1. The maximum Gasteiger partial charge on any atom is 0.290 e. The maximum atomic E-state index is 14.7. The molecule has 7 nitrogen and oxygen atoms in total. The minimum absolute atomic E-state index is 0.250. The monoisotopic (exact) mass is 403 g/mol. The van der Waals surface area contributed by atoms with E-state index >= 15 is 0 Å². The molecule has 0 amide bonds. The number of hydrogen-bond acceptors (Lipinski definition) is 6. The quantitative estimate of drug-likeness (QED) is 0.658. The van der Waals surface area contributed by atoms with E-state index in [9.17, 15) is 4.39 Å². The van der Waals surface area contributed by atoms with Crippen LogP contribution in [0, 0.1) is 12.7 Å². The Balaban J connectivity index is 0.000000706. The lowest BCUT2D eigenvalue weighted by molar-refractivity contribution is -0.122. The molecule has 28 heavy (non-hydrogen) atoms. The standard InChI is InChI=1S/C18H20FN5S.CH2O2/c1-13-21-22-18(25-13)14-4-5-15(16(19)12-14)17-20-6-9-24(17)11-10-23-7-2-3-8-23;2-1-3/h4-6,9,12H,2-3,7-8,10-11H2,1H3;1H,(H,2,3). The molecular formula is C19H22FN5O2S. The van der Waals surface area contributed by atoms with Gasteiger partial charge in [0.25, 0.3) is 6.47 Å². The lowest BCUT2D eigenvalue weighted by Crippen LogP contribution is -2.24. The van der Waals surface area contributed by atoms with E-state index in [1.165, 1.54) is 30.2 Å². The van der Waals surface area contributed by atoms with Crippen LogP contribution in [0.3, 0.4) is 0 Å². The van der Waals surface area contributed by atoms with Crippen LogP contribution >= 0.6 is 11.3 Å².